The first-order valence-electron chi connectivity index (χ1n) is 22.0. The van der Waals surface area contributed by atoms with E-state index in [2.05, 4.69) is 173 Å². The third-order valence-electron chi connectivity index (χ3n) is 13.2. The number of aromatic nitrogens is 4. The summed E-state index contributed by atoms with van der Waals surface area (Å²) in [5, 5.41) is 8.89. The summed E-state index contributed by atoms with van der Waals surface area (Å²) in [6.45, 7) is 0. The van der Waals surface area contributed by atoms with Crippen molar-refractivity contribution in [1.29, 1.82) is 0 Å². The van der Waals surface area contributed by atoms with Crippen molar-refractivity contribution in [3.8, 4) is 34.2 Å². The number of para-hydroxylation sites is 4. The van der Waals surface area contributed by atoms with E-state index in [-0.39, 0.29) is 0 Å². The van der Waals surface area contributed by atoms with Gasteiger partial charge in [0.05, 0.1) is 27.8 Å². The lowest BCUT2D eigenvalue weighted by atomic mass is 10.1. The molecule has 5 aromatic heterocycles. The maximum atomic E-state index is 6.27. The Balaban J connectivity index is 0.978. The second-order valence-corrected chi connectivity index (χ2v) is 19.1. The van der Waals surface area contributed by atoms with E-state index in [1.165, 1.54) is 35.9 Å². The van der Waals surface area contributed by atoms with Crippen molar-refractivity contribution in [1.82, 2.24) is 19.1 Å². The Hall–Kier alpha value is -8.04. The molecule has 0 atom stereocenters. The molecule has 15 rings (SSSR count). The van der Waals surface area contributed by atoms with E-state index in [0.29, 0.717) is 5.82 Å². The first kappa shape index (κ1) is 36.3. The summed E-state index contributed by atoms with van der Waals surface area (Å²) in [6.07, 6.45) is 0. The van der Waals surface area contributed by atoms with Crippen LogP contribution in [0.2, 0.25) is 0 Å². The van der Waals surface area contributed by atoms with Crippen molar-refractivity contribution in [2.75, 3.05) is 0 Å². The van der Waals surface area contributed by atoms with Gasteiger partial charge in [-0.2, -0.15) is 0 Å². The number of fused-ring (bicyclic) bond motifs is 14. The Morgan fingerprint density at radius 3 is 1.53 bits per heavy atom. The Kier molecular flexibility index (Phi) is 7.56. The van der Waals surface area contributed by atoms with Gasteiger partial charge >= 0.3 is 0 Å². The first-order chi connectivity index (χ1) is 32.7. The van der Waals surface area contributed by atoms with Gasteiger partial charge in [-0.1, -0.05) is 108 Å². The van der Waals surface area contributed by atoms with E-state index in [9.17, 15) is 0 Å². The molecule has 8 heteroatoms. The molecular weight excluding hydrogens is 849 g/mol. The maximum Gasteiger partial charge on any atom is 0.162 e. The summed E-state index contributed by atoms with van der Waals surface area (Å²) in [4.78, 5) is 16.0. The van der Waals surface area contributed by atoms with Crippen LogP contribution in [0.3, 0.4) is 0 Å². The van der Waals surface area contributed by atoms with E-state index in [4.69, 9.17) is 18.8 Å². The van der Waals surface area contributed by atoms with Gasteiger partial charge in [-0.05, 0) is 103 Å². The summed E-state index contributed by atoms with van der Waals surface area (Å²) >= 11 is 3.70. The number of hydrogen-bond donors (Lipinski definition) is 0. The molecule has 6 nitrogen and oxygen atoms in total. The summed E-state index contributed by atoms with van der Waals surface area (Å²) in [5.41, 5.74) is 11.7. The van der Waals surface area contributed by atoms with Gasteiger partial charge in [0.25, 0.3) is 0 Å². The summed E-state index contributed by atoms with van der Waals surface area (Å²) in [7, 11) is 0. The molecule has 1 aliphatic rings. The Morgan fingerprint density at radius 1 is 0.333 bits per heavy atom. The van der Waals surface area contributed by atoms with Crippen LogP contribution in [0.25, 0.3) is 122 Å². The number of furan rings is 2. The molecule has 1 aliphatic heterocycles. The molecule has 0 aliphatic carbocycles. The molecule has 308 valence electrons. The highest BCUT2D eigenvalue weighted by Crippen LogP contribution is 2.49. The third-order valence-corrected chi connectivity index (χ3v) is 15.7. The van der Waals surface area contributed by atoms with E-state index < -0.39 is 0 Å². The van der Waals surface area contributed by atoms with Gasteiger partial charge in [0.2, 0.25) is 0 Å². The maximum absolute atomic E-state index is 6.27. The van der Waals surface area contributed by atoms with Crippen molar-refractivity contribution >= 4 is 111 Å². The molecule has 6 heterocycles. The molecule has 0 fully saturated rings. The topological polar surface area (TPSA) is 61.9 Å². The molecule has 66 heavy (non-hydrogen) atoms. The number of rotatable bonds is 4. The predicted molar refractivity (Wildman–Crippen MR) is 271 cm³/mol. The van der Waals surface area contributed by atoms with Gasteiger partial charge in [0.15, 0.2) is 5.82 Å². The van der Waals surface area contributed by atoms with Crippen LogP contribution in [0.5, 0.6) is 0 Å². The summed E-state index contributed by atoms with van der Waals surface area (Å²) in [5.74, 6) is 1.41. The predicted octanol–water partition coefficient (Wildman–Crippen LogP) is 16.4. The normalized spacial score (nSPS) is 12.7. The van der Waals surface area contributed by atoms with Crippen LogP contribution >= 0.6 is 23.5 Å². The Morgan fingerprint density at radius 2 is 0.848 bits per heavy atom. The van der Waals surface area contributed by atoms with E-state index in [1.807, 2.05) is 53.9 Å². The standard InChI is InChI=1S/C58H32N4O2S2/c1-5-15-45-36(11-1)40-31-48-41(30-47(40)61(45)35-23-26-55-56(29-35)66-54-20-10-9-19-53(54)65-55)37-12-2-6-16-46(37)62(48)57-32-44(33-21-24-51-42(27-33)38-13-3-7-17-49(38)63-51)59-58(60-57)34-22-25-52-43(28-34)39-14-4-8-18-50(39)64-52/h1-32H. The molecule has 0 saturated heterocycles. The zero-order chi connectivity index (χ0) is 43.0. The minimum atomic E-state index is 0.626. The lowest BCUT2D eigenvalue weighted by Gasteiger charge is -2.19. The van der Waals surface area contributed by atoms with Crippen LogP contribution in [0.1, 0.15) is 0 Å². The lowest BCUT2D eigenvalue weighted by molar-refractivity contribution is 0.668. The molecule has 0 saturated carbocycles. The molecule has 0 radical (unpaired) electrons. The molecule has 0 bridgehead atoms. The van der Waals surface area contributed by atoms with Gasteiger partial charge < -0.3 is 13.4 Å². The van der Waals surface area contributed by atoms with Gasteiger partial charge in [0, 0.05) is 85.6 Å². The van der Waals surface area contributed by atoms with E-state index in [0.717, 1.165) is 99.5 Å². The van der Waals surface area contributed by atoms with Gasteiger partial charge in [-0.25, -0.2) is 9.97 Å². The van der Waals surface area contributed by atoms with Crippen molar-refractivity contribution in [3.05, 3.63) is 194 Å². The Labute approximate surface area is 384 Å². The highest BCUT2D eigenvalue weighted by atomic mass is 32.2. The van der Waals surface area contributed by atoms with Gasteiger partial charge in [-0.15, -0.1) is 0 Å². The fraction of sp³-hybridized carbons (Fsp3) is 0. The highest BCUT2D eigenvalue weighted by Gasteiger charge is 2.23. The zero-order valence-electron chi connectivity index (χ0n) is 34.9. The largest absolute Gasteiger partial charge is 0.456 e. The Bertz CT molecular complexity index is 4250. The van der Waals surface area contributed by atoms with Crippen LogP contribution < -0.4 is 0 Å². The monoisotopic (exact) mass is 880 g/mol. The average Bonchev–Trinajstić information content (AvgIpc) is 4.12. The molecule has 9 aromatic carbocycles. The van der Waals surface area contributed by atoms with Crippen LogP contribution in [0, 0.1) is 0 Å². The zero-order valence-corrected chi connectivity index (χ0v) is 36.5. The second-order valence-electron chi connectivity index (χ2n) is 16.9. The summed E-state index contributed by atoms with van der Waals surface area (Å²) < 4.78 is 17.3. The van der Waals surface area contributed by atoms with E-state index >= 15 is 0 Å². The molecule has 0 unspecified atom stereocenters. The van der Waals surface area contributed by atoms with Crippen LogP contribution in [-0.2, 0) is 0 Å². The van der Waals surface area contributed by atoms with Crippen LogP contribution in [0.4, 0.5) is 0 Å². The minimum Gasteiger partial charge on any atom is -0.456 e. The van der Waals surface area contributed by atoms with Gasteiger partial charge in [-0.3, -0.25) is 4.57 Å². The highest BCUT2D eigenvalue weighted by molar-refractivity contribution is 8.05. The molecule has 0 N–H and O–H groups in total. The van der Waals surface area contributed by atoms with Crippen molar-refractivity contribution in [2.45, 2.75) is 19.6 Å². The molecule has 0 spiro atoms. The number of hydrogen-bond acceptors (Lipinski definition) is 6. The summed E-state index contributed by atoms with van der Waals surface area (Å²) in [6, 6.07) is 69.0. The molecule has 0 amide bonds. The van der Waals surface area contributed by atoms with Gasteiger partial charge in [0.1, 0.15) is 28.1 Å². The van der Waals surface area contributed by atoms with Crippen molar-refractivity contribution in [3.63, 3.8) is 0 Å². The first-order valence-corrected chi connectivity index (χ1v) is 23.6. The molecular formula is C58H32N4O2S2. The van der Waals surface area contributed by atoms with Crippen LogP contribution in [-0.4, -0.2) is 19.1 Å². The van der Waals surface area contributed by atoms with Crippen molar-refractivity contribution < 1.29 is 8.83 Å². The van der Waals surface area contributed by atoms with Crippen LogP contribution in [0.15, 0.2) is 223 Å². The third kappa shape index (κ3) is 5.34. The minimum absolute atomic E-state index is 0.626. The SMILES string of the molecule is c1ccc2c(c1)Sc1ccc(-n3c4ccccc4c4cc5c(cc43)c3ccccc3n5-c3cc(-c4ccc5oc6ccccc6c5c4)nc(-c4ccc5oc6ccccc6c5c4)n3)cc1S2. The number of benzene rings is 9. The smallest absolute Gasteiger partial charge is 0.162 e. The van der Waals surface area contributed by atoms with E-state index in [1.54, 1.807) is 0 Å². The lowest BCUT2D eigenvalue weighted by Crippen LogP contribution is -2.02. The average molecular weight is 881 g/mol. The fourth-order valence-electron chi connectivity index (χ4n) is 10.2. The molecule has 14 aromatic rings. The second kappa shape index (κ2) is 13.7. The quantitative estimate of drug-likeness (QED) is 0.175. The fourth-order valence-corrected chi connectivity index (χ4v) is 12.4. The number of nitrogens with zero attached hydrogens (tertiary/aromatic N) is 4. The van der Waals surface area contributed by atoms with Crippen molar-refractivity contribution in [2.24, 2.45) is 0 Å².